The maximum absolute atomic E-state index is 10.6. The molecule has 0 aliphatic heterocycles. The lowest BCUT2D eigenvalue weighted by molar-refractivity contribution is -0.144. The van der Waals surface area contributed by atoms with E-state index in [0.29, 0.717) is 6.61 Å². The Balaban J connectivity index is 2.47. The first kappa shape index (κ1) is 12.7. The van der Waals surface area contributed by atoms with E-state index in [2.05, 4.69) is 0 Å². The molecule has 0 radical (unpaired) electrons. The molecule has 0 saturated heterocycles. The van der Waals surface area contributed by atoms with Crippen LogP contribution in [0.2, 0.25) is 0 Å². The van der Waals surface area contributed by atoms with E-state index in [-0.39, 0.29) is 6.42 Å². The van der Waals surface area contributed by atoms with Crippen LogP contribution < -0.4 is 0 Å². The van der Waals surface area contributed by atoms with Crippen molar-refractivity contribution in [2.45, 2.75) is 19.3 Å². The number of hydrogen-bond acceptors (Lipinski definition) is 3. The van der Waals surface area contributed by atoms with E-state index in [1.807, 2.05) is 30.3 Å². The molecule has 1 rings (SSSR count). The second-order valence-corrected chi connectivity index (χ2v) is 3.81. The van der Waals surface area contributed by atoms with Crippen molar-refractivity contribution in [3.63, 3.8) is 0 Å². The predicted octanol–water partition coefficient (Wildman–Crippen LogP) is 1.57. The number of carbonyl (C=O) groups is 1. The quantitative estimate of drug-likeness (QED) is 0.744. The molecule has 4 heteroatoms. The fraction of sp³-hybridized carbons (Fsp3) is 0.417. The number of hydrogen-bond donors (Lipinski definition) is 1. The third kappa shape index (κ3) is 4.42. The van der Waals surface area contributed by atoms with Crippen molar-refractivity contribution < 1.29 is 14.6 Å². The van der Waals surface area contributed by atoms with Gasteiger partial charge in [0.05, 0.1) is 13.0 Å². The Hall–Kier alpha value is -1.39. The van der Waals surface area contributed by atoms with Gasteiger partial charge >= 0.3 is 5.97 Å². The Kier molecular flexibility index (Phi) is 4.95. The van der Waals surface area contributed by atoms with Crippen LogP contribution in [-0.2, 0) is 16.1 Å². The number of benzene rings is 1. The van der Waals surface area contributed by atoms with Crippen LogP contribution in [0.25, 0.3) is 0 Å². The molecular formula is C12H17NO3. The lowest BCUT2D eigenvalue weighted by Crippen LogP contribution is -2.32. The number of nitrogens with zero attached hydrogens (tertiary/aromatic N) is 1. The predicted molar refractivity (Wildman–Crippen MR) is 61.0 cm³/mol. The Labute approximate surface area is 95.5 Å². The molecule has 1 N–H and O–H groups in total. The Bertz CT molecular complexity index is 324. The van der Waals surface area contributed by atoms with E-state index in [1.54, 1.807) is 19.0 Å². The van der Waals surface area contributed by atoms with Gasteiger partial charge in [0.1, 0.15) is 6.23 Å². The van der Waals surface area contributed by atoms with E-state index in [0.717, 1.165) is 5.56 Å². The van der Waals surface area contributed by atoms with E-state index in [1.165, 1.54) is 0 Å². The zero-order chi connectivity index (χ0) is 12.0. The molecule has 4 nitrogen and oxygen atoms in total. The maximum atomic E-state index is 10.6. The van der Waals surface area contributed by atoms with Crippen LogP contribution in [0.4, 0.5) is 0 Å². The summed E-state index contributed by atoms with van der Waals surface area (Å²) in [5.41, 5.74) is 1.04. The highest BCUT2D eigenvalue weighted by Crippen LogP contribution is 2.07. The molecule has 0 aromatic heterocycles. The number of carboxylic acids is 1. The molecule has 1 aromatic rings. The molecule has 0 aliphatic carbocycles. The summed E-state index contributed by atoms with van der Waals surface area (Å²) < 4.78 is 5.55. The largest absolute Gasteiger partial charge is 0.481 e. The highest BCUT2D eigenvalue weighted by molar-refractivity contribution is 5.67. The van der Waals surface area contributed by atoms with E-state index in [4.69, 9.17) is 9.84 Å². The van der Waals surface area contributed by atoms with Crippen molar-refractivity contribution in [1.82, 2.24) is 4.90 Å². The lowest BCUT2D eigenvalue weighted by Gasteiger charge is -2.22. The van der Waals surface area contributed by atoms with Crippen LogP contribution in [0.15, 0.2) is 30.3 Å². The molecule has 0 bridgehead atoms. The van der Waals surface area contributed by atoms with Crippen LogP contribution in [0, 0.1) is 0 Å². The summed E-state index contributed by atoms with van der Waals surface area (Å²) in [6, 6.07) is 9.70. The molecule has 1 unspecified atom stereocenters. The average molecular weight is 223 g/mol. The second-order valence-electron chi connectivity index (χ2n) is 3.81. The van der Waals surface area contributed by atoms with E-state index >= 15 is 0 Å². The molecular weight excluding hydrogens is 206 g/mol. The van der Waals surface area contributed by atoms with Crippen molar-refractivity contribution in [3.05, 3.63) is 35.9 Å². The van der Waals surface area contributed by atoms with Crippen LogP contribution in [0.3, 0.4) is 0 Å². The molecule has 0 heterocycles. The number of carboxylic acid groups (broad SMARTS) is 1. The average Bonchev–Trinajstić information content (AvgIpc) is 2.25. The molecule has 0 fully saturated rings. The molecule has 1 atom stereocenters. The first-order valence-corrected chi connectivity index (χ1v) is 5.13. The van der Waals surface area contributed by atoms with Crippen molar-refractivity contribution in [2.75, 3.05) is 14.1 Å². The highest BCUT2D eigenvalue weighted by Gasteiger charge is 2.15. The van der Waals surface area contributed by atoms with Gasteiger partial charge in [-0.1, -0.05) is 30.3 Å². The minimum atomic E-state index is -0.855. The van der Waals surface area contributed by atoms with Gasteiger partial charge in [0.2, 0.25) is 0 Å². The van der Waals surface area contributed by atoms with E-state index in [9.17, 15) is 4.79 Å². The third-order valence-electron chi connectivity index (χ3n) is 2.21. The Morgan fingerprint density at radius 3 is 2.50 bits per heavy atom. The minimum absolute atomic E-state index is 0.0141. The van der Waals surface area contributed by atoms with Crippen molar-refractivity contribution in [2.24, 2.45) is 0 Å². The molecule has 0 saturated carbocycles. The van der Waals surface area contributed by atoms with Gasteiger partial charge in [-0.2, -0.15) is 0 Å². The fourth-order valence-corrected chi connectivity index (χ4v) is 1.31. The maximum Gasteiger partial charge on any atom is 0.307 e. The topological polar surface area (TPSA) is 49.8 Å². The summed E-state index contributed by atoms with van der Waals surface area (Å²) in [5, 5.41) is 8.72. The van der Waals surface area contributed by atoms with Gasteiger partial charge in [-0.05, 0) is 19.7 Å². The van der Waals surface area contributed by atoms with Crippen LogP contribution in [0.5, 0.6) is 0 Å². The van der Waals surface area contributed by atoms with Crippen molar-refractivity contribution >= 4 is 5.97 Å². The van der Waals surface area contributed by atoms with Gasteiger partial charge in [0.25, 0.3) is 0 Å². The molecule has 0 aliphatic rings. The summed E-state index contributed by atoms with van der Waals surface area (Å²) >= 11 is 0. The second kappa shape index (κ2) is 6.25. The van der Waals surface area contributed by atoms with Crippen LogP contribution >= 0.6 is 0 Å². The van der Waals surface area contributed by atoms with Gasteiger partial charge in [-0.25, -0.2) is 0 Å². The minimum Gasteiger partial charge on any atom is -0.481 e. The van der Waals surface area contributed by atoms with E-state index < -0.39 is 12.2 Å². The number of rotatable bonds is 6. The normalized spacial score (nSPS) is 12.7. The van der Waals surface area contributed by atoms with Gasteiger partial charge in [0, 0.05) is 0 Å². The molecule has 0 amide bonds. The number of ether oxygens (including phenoxy) is 1. The first-order valence-electron chi connectivity index (χ1n) is 5.13. The SMILES string of the molecule is CN(C)C(CC(=O)O)OCc1ccccc1. The smallest absolute Gasteiger partial charge is 0.307 e. The standard InChI is InChI=1S/C12H17NO3/c1-13(2)11(8-12(14)15)16-9-10-6-4-3-5-7-10/h3-7,11H,8-9H2,1-2H3,(H,14,15). The number of aliphatic carboxylic acids is 1. The lowest BCUT2D eigenvalue weighted by atomic mass is 10.2. The van der Waals surface area contributed by atoms with Crippen molar-refractivity contribution in [1.29, 1.82) is 0 Å². The summed E-state index contributed by atoms with van der Waals surface area (Å²) in [4.78, 5) is 12.4. The monoisotopic (exact) mass is 223 g/mol. The first-order chi connectivity index (χ1) is 7.59. The molecule has 1 aromatic carbocycles. The van der Waals surface area contributed by atoms with Gasteiger partial charge in [-0.3, -0.25) is 9.69 Å². The zero-order valence-electron chi connectivity index (χ0n) is 9.59. The van der Waals surface area contributed by atoms with Gasteiger partial charge in [-0.15, -0.1) is 0 Å². The summed E-state index contributed by atoms with van der Waals surface area (Å²) in [6.07, 6.45) is -0.405. The molecule has 88 valence electrons. The van der Waals surface area contributed by atoms with Gasteiger partial charge in [0.15, 0.2) is 0 Å². The Morgan fingerprint density at radius 2 is 2.00 bits per heavy atom. The van der Waals surface area contributed by atoms with Crippen LogP contribution in [0.1, 0.15) is 12.0 Å². The summed E-state index contributed by atoms with van der Waals surface area (Å²) in [6.45, 7) is 0.428. The summed E-state index contributed by atoms with van der Waals surface area (Å²) in [5.74, 6) is -0.855. The fourth-order valence-electron chi connectivity index (χ4n) is 1.31. The molecule has 0 spiro atoms. The highest BCUT2D eigenvalue weighted by atomic mass is 16.5. The summed E-state index contributed by atoms with van der Waals surface area (Å²) in [7, 11) is 3.61. The molecule has 16 heavy (non-hydrogen) atoms. The van der Waals surface area contributed by atoms with Crippen molar-refractivity contribution in [3.8, 4) is 0 Å². The zero-order valence-corrected chi connectivity index (χ0v) is 9.59. The van der Waals surface area contributed by atoms with Crippen LogP contribution in [-0.4, -0.2) is 36.3 Å². The van der Waals surface area contributed by atoms with Gasteiger partial charge < -0.3 is 9.84 Å². The Morgan fingerprint density at radius 1 is 1.38 bits per heavy atom. The third-order valence-corrected chi connectivity index (χ3v) is 2.21.